The van der Waals surface area contributed by atoms with Crippen LogP contribution in [0.2, 0.25) is 5.02 Å². The van der Waals surface area contributed by atoms with Crippen LogP contribution in [0.5, 0.6) is 0 Å². The molecule has 0 unspecified atom stereocenters. The van der Waals surface area contributed by atoms with Gasteiger partial charge in [0.05, 0.1) is 5.69 Å². The Morgan fingerprint density at radius 2 is 2.22 bits per heavy atom. The second kappa shape index (κ2) is 5.50. The van der Waals surface area contributed by atoms with E-state index in [-0.39, 0.29) is 11.7 Å². The first kappa shape index (κ1) is 14.5. The molecule has 1 aliphatic rings. The summed E-state index contributed by atoms with van der Waals surface area (Å²) in [7, 11) is 0. The van der Waals surface area contributed by atoms with Crippen molar-refractivity contribution in [2.45, 2.75) is 11.8 Å². The van der Waals surface area contributed by atoms with Gasteiger partial charge in [-0.2, -0.15) is 4.98 Å². The molecule has 1 aromatic carbocycles. The number of hydrogen-bond acceptors (Lipinski definition) is 5. The van der Waals surface area contributed by atoms with E-state index in [0.717, 1.165) is 22.0 Å². The summed E-state index contributed by atoms with van der Waals surface area (Å²) in [6.07, 6.45) is 1.65. The minimum atomic E-state index is -0.237. The summed E-state index contributed by atoms with van der Waals surface area (Å²) in [5.74, 6) is 1.15. The number of fused-ring (bicyclic) bond motifs is 2. The lowest BCUT2D eigenvalue weighted by atomic mass is 10.2. The quantitative estimate of drug-likeness (QED) is 0.678. The number of hydrogen-bond donors (Lipinski definition) is 0. The van der Waals surface area contributed by atoms with Gasteiger partial charge in [-0.25, -0.2) is 9.50 Å². The highest BCUT2D eigenvalue weighted by Crippen LogP contribution is 2.37. The molecule has 116 valence electrons. The van der Waals surface area contributed by atoms with E-state index in [0.29, 0.717) is 17.3 Å². The van der Waals surface area contributed by atoms with Crippen LogP contribution in [0.15, 0.2) is 35.4 Å². The molecule has 0 spiro atoms. The monoisotopic (exact) mass is 345 g/mol. The molecule has 0 bridgehead atoms. The highest BCUT2D eigenvalue weighted by molar-refractivity contribution is 7.99. The van der Waals surface area contributed by atoms with Crippen LogP contribution >= 0.6 is 23.4 Å². The van der Waals surface area contributed by atoms with Crippen molar-refractivity contribution in [3.63, 3.8) is 0 Å². The van der Waals surface area contributed by atoms with Gasteiger partial charge in [0, 0.05) is 34.1 Å². The van der Waals surface area contributed by atoms with Crippen molar-refractivity contribution < 1.29 is 4.79 Å². The number of rotatable bonds is 1. The van der Waals surface area contributed by atoms with Crippen molar-refractivity contribution in [2.24, 2.45) is 0 Å². The zero-order valence-corrected chi connectivity index (χ0v) is 13.8. The van der Waals surface area contributed by atoms with Gasteiger partial charge >= 0.3 is 0 Å². The van der Waals surface area contributed by atoms with Gasteiger partial charge in [-0.15, -0.1) is 16.9 Å². The van der Waals surface area contributed by atoms with Crippen molar-refractivity contribution in [1.29, 1.82) is 0 Å². The topological polar surface area (TPSA) is 63.4 Å². The SMILES string of the molecule is Cc1ccnc2nc(C(=O)N3CCSc4ccc(Cl)cc43)nn12. The van der Waals surface area contributed by atoms with Gasteiger partial charge in [0.15, 0.2) is 0 Å². The molecule has 2 aromatic heterocycles. The van der Waals surface area contributed by atoms with Gasteiger partial charge in [0.25, 0.3) is 11.7 Å². The van der Waals surface area contributed by atoms with E-state index in [1.165, 1.54) is 0 Å². The van der Waals surface area contributed by atoms with E-state index in [1.54, 1.807) is 33.4 Å². The Kier molecular flexibility index (Phi) is 3.46. The maximum Gasteiger partial charge on any atom is 0.298 e. The number of aromatic nitrogens is 4. The zero-order chi connectivity index (χ0) is 16.0. The Morgan fingerprint density at radius 3 is 3.04 bits per heavy atom. The molecule has 0 aliphatic carbocycles. The van der Waals surface area contributed by atoms with Crippen molar-refractivity contribution >= 4 is 40.7 Å². The van der Waals surface area contributed by atoms with Crippen LogP contribution in [0, 0.1) is 6.92 Å². The summed E-state index contributed by atoms with van der Waals surface area (Å²) in [4.78, 5) is 24.0. The fourth-order valence-corrected chi connectivity index (χ4v) is 3.66. The van der Waals surface area contributed by atoms with Crippen molar-refractivity contribution in [2.75, 3.05) is 17.2 Å². The standard InChI is InChI=1S/C15H12ClN5OS/c1-9-4-5-17-15-18-13(19-21(9)15)14(22)20-6-7-23-12-3-2-10(16)8-11(12)20/h2-5,8H,6-7H2,1H3. The lowest BCUT2D eigenvalue weighted by Crippen LogP contribution is -2.36. The fraction of sp³-hybridized carbons (Fsp3) is 0.200. The minimum Gasteiger partial charge on any atom is -0.304 e. The molecule has 0 fully saturated rings. The minimum absolute atomic E-state index is 0.143. The number of halogens is 1. The number of carbonyl (C=O) groups excluding carboxylic acids is 1. The molecule has 0 N–H and O–H groups in total. The molecule has 1 amide bonds. The first-order valence-corrected chi connectivity index (χ1v) is 8.42. The zero-order valence-electron chi connectivity index (χ0n) is 12.2. The van der Waals surface area contributed by atoms with E-state index in [2.05, 4.69) is 15.1 Å². The number of aryl methyl sites for hydroxylation is 1. The van der Waals surface area contributed by atoms with Gasteiger partial charge in [-0.1, -0.05) is 11.6 Å². The van der Waals surface area contributed by atoms with Crippen LogP contribution in [0.1, 0.15) is 16.3 Å². The molecule has 0 radical (unpaired) electrons. The first-order valence-electron chi connectivity index (χ1n) is 7.06. The second-order valence-electron chi connectivity index (χ2n) is 5.15. The number of anilines is 1. The molecule has 8 heteroatoms. The molecule has 6 nitrogen and oxygen atoms in total. The molecule has 23 heavy (non-hydrogen) atoms. The summed E-state index contributed by atoms with van der Waals surface area (Å²) in [5, 5.41) is 4.90. The highest BCUT2D eigenvalue weighted by atomic mass is 35.5. The smallest absolute Gasteiger partial charge is 0.298 e. The molecule has 0 saturated carbocycles. The number of nitrogens with zero attached hydrogens (tertiary/aromatic N) is 5. The molecule has 3 heterocycles. The predicted octanol–water partition coefficient (Wildman–Crippen LogP) is 2.84. The normalized spacial score (nSPS) is 14.1. The highest BCUT2D eigenvalue weighted by Gasteiger charge is 2.27. The van der Waals surface area contributed by atoms with Crippen LogP contribution in [0.25, 0.3) is 5.78 Å². The molecule has 4 rings (SSSR count). The molecular weight excluding hydrogens is 334 g/mol. The van der Waals surface area contributed by atoms with E-state index >= 15 is 0 Å². The first-order chi connectivity index (χ1) is 11.1. The average Bonchev–Trinajstić information content (AvgIpc) is 2.99. The summed E-state index contributed by atoms with van der Waals surface area (Å²) < 4.78 is 1.57. The number of amides is 1. The van der Waals surface area contributed by atoms with Crippen LogP contribution < -0.4 is 4.90 Å². The lowest BCUT2D eigenvalue weighted by molar-refractivity contribution is 0.0978. The van der Waals surface area contributed by atoms with E-state index in [4.69, 9.17) is 11.6 Å². The van der Waals surface area contributed by atoms with Crippen LogP contribution in [0.4, 0.5) is 5.69 Å². The molecule has 0 atom stereocenters. The number of thioether (sulfide) groups is 1. The lowest BCUT2D eigenvalue weighted by Gasteiger charge is -2.28. The van der Waals surface area contributed by atoms with Crippen molar-refractivity contribution in [1.82, 2.24) is 19.6 Å². The molecule has 0 saturated heterocycles. The third kappa shape index (κ3) is 2.46. The van der Waals surface area contributed by atoms with Crippen molar-refractivity contribution in [3.05, 3.63) is 47.0 Å². The van der Waals surface area contributed by atoms with E-state index in [9.17, 15) is 4.79 Å². The van der Waals surface area contributed by atoms with E-state index in [1.807, 2.05) is 25.1 Å². The maximum absolute atomic E-state index is 12.9. The third-order valence-electron chi connectivity index (χ3n) is 3.65. The number of benzene rings is 1. The average molecular weight is 346 g/mol. The summed E-state index contributed by atoms with van der Waals surface area (Å²) in [6.45, 7) is 2.49. The molecule has 3 aromatic rings. The fourth-order valence-electron chi connectivity index (χ4n) is 2.52. The molecular formula is C15H12ClN5OS. The summed E-state index contributed by atoms with van der Waals surface area (Å²) in [6, 6.07) is 7.39. The van der Waals surface area contributed by atoms with Gasteiger partial charge in [0.1, 0.15) is 0 Å². The van der Waals surface area contributed by atoms with Gasteiger partial charge in [-0.05, 0) is 31.2 Å². The Hall–Kier alpha value is -2.12. The Morgan fingerprint density at radius 1 is 1.35 bits per heavy atom. The Labute approximate surface area is 141 Å². The van der Waals surface area contributed by atoms with Crippen LogP contribution in [0.3, 0.4) is 0 Å². The molecule has 1 aliphatic heterocycles. The van der Waals surface area contributed by atoms with Crippen molar-refractivity contribution in [3.8, 4) is 0 Å². The largest absolute Gasteiger partial charge is 0.304 e. The number of carbonyl (C=O) groups is 1. The van der Waals surface area contributed by atoms with Crippen LogP contribution in [-0.2, 0) is 0 Å². The maximum atomic E-state index is 12.9. The van der Waals surface area contributed by atoms with Gasteiger partial charge < -0.3 is 4.90 Å². The Bertz CT molecular complexity index is 925. The predicted molar refractivity (Wildman–Crippen MR) is 89.4 cm³/mol. The summed E-state index contributed by atoms with van der Waals surface area (Å²) in [5.41, 5.74) is 1.68. The summed E-state index contributed by atoms with van der Waals surface area (Å²) >= 11 is 7.80. The van der Waals surface area contributed by atoms with Crippen LogP contribution in [-0.4, -0.2) is 37.8 Å². The van der Waals surface area contributed by atoms with Gasteiger partial charge in [-0.3, -0.25) is 4.79 Å². The van der Waals surface area contributed by atoms with E-state index < -0.39 is 0 Å². The van der Waals surface area contributed by atoms with Gasteiger partial charge in [0.2, 0.25) is 5.82 Å². The Balaban J connectivity index is 1.77. The third-order valence-corrected chi connectivity index (χ3v) is 4.93. The second-order valence-corrected chi connectivity index (χ2v) is 6.72.